The first-order chi connectivity index (χ1) is 18.2. The number of carbonyl (C=O) groups excluding carboxylic acids is 2. The zero-order chi connectivity index (χ0) is 27.3. The molecule has 0 unspecified atom stereocenters. The van der Waals surface area contributed by atoms with E-state index in [1.165, 1.54) is 6.26 Å². The predicted octanol–water partition coefficient (Wildman–Crippen LogP) is 2.93. The molecular formula is C28H31N3O6S. The first kappa shape index (κ1) is 27.0. The van der Waals surface area contributed by atoms with Crippen molar-refractivity contribution in [3.63, 3.8) is 0 Å². The lowest BCUT2D eigenvalue weighted by molar-refractivity contribution is -0.133. The van der Waals surface area contributed by atoms with Crippen LogP contribution in [0, 0.1) is 0 Å². The number of anilines is 1. The zero-order valence-electron chi connectivity index (χ0n) is 21.6. The number of benzene rings is 3. The fourth-order valence-electron chi connectivity index (χ4n) is 4.42. The third-order valence-electron chi connectivity index (χ3n) is 6.52. The van der Waals surface area contributed by atoms with E-state index in [1.54, 1.807) is 91.9 Å². The lowest BCUT2D eigenvalue weighted by Gasteiger charge is -2.38. The molecule has 10 heteroatoms. The lowest BCUT2D eigenvalue weighted by atomic mass is 10.0. The number of methoxy groups -OCH3 is 2. The Hall–Kier alpha value is -4.05. The van der Waals surface area contributed by atoms with E-state index < -0.39 is 15.9 Å². The summed E-state index contributed by atoms with van der Waals surface area (Å²) < 4.78 is 34.9. The second-order valence-electron chi connectivity index (χ2n) is 8.96. The maximum Gasteiger partial charge on any atom is 0.252 e. The van der Waals surface area contributed by atoms with Gasteiger partial charge in [0.15, 0.2) is 9.84 Å². The monoisotopic (exact) mass is 537 g/mol. The second-order valence-corrected chi connectivity index (χ2v) is 10.9. The second kappa shape index (κ2) is 11.6. The van der Waals surface area contributed by atoms with E-state index >= 15 is 0 Å². The van der Waals surface area contributed by atoms with Crippen molar-refractivity contribution in [1.82, 2.24) is 10.2 Å². The van der Waals surface area contributed by atoms with Crippen LogP contribution in [0.4, 0.5) is 5.69 Å². The Morgan fingerprint density at radius 1 is 0.816 bits per heavy atom. The van der Waals surface area contributed by atoms with E-state index in [0.29, 0.717) is 54.5 Å². The summed E-state index contributed by atoms with van der Waals surface area (Å²) in [7, 11) is -0.291. The summed E-state index contributed by atoms with van der Waals surface area (Å²) in [6.07, 6.45) is 1.19. The van der Waals surface area contributed by atoms with Crippen molar-refractivity contribution in [3.05, 3.63) is 83.9 Å². The molecular weight excluding hydrogens is 506 g/mol. The molecule has 3 aromatic rings. The largest absolute Gasteiger partial charge is 0.497 e. The van der Waals surface area contributed by atoms with Crippen molar-refractivity contribution in [1.29, 1.82) is 0 Å². The number of hydrogen-bond acceptors (Lipinski definition) is 7. The van der Waals surface area contributed by atoms with Crippen LogP contribution in [0.15, 0.2) is 77.7 Å². The van der Waals surface area contributed by atoms with E-state index in [4.69, 9.17) is 9.47 Å². The van der Waals surface area contributed by atoms with Crippen molar-refractivity contribution in [2.45, 2.75) is 10.9 Å². The molecule has 9 nitrogen and oxygen atoms in total. The Kier molecular flexibility index (Phi) is 8.21. The van der Waals surface area contributed by atoms with E-state index in [0.717, 1.165) is 0 Å². The molecule has 1 atom stereocenters. The molecule has 200 valence electrons. The van der Waals surface area contributed by atoms with Gasteiger partial charge in [0.1, 0.15) is 17.5 Å². The molecule has 3 aromatic carbocycles. The number of hydrogen-bond donors (Lipinski definition) is 1. The minimum atomic E-state index is -3.40. The molecule has 0 spiro atoms. The molecule has 1 aliphatic heterocycles. The molecule has 1 aliphatic rings. The molecule has 1 fully saturated rings. The van der Waals surface area contributed by atoms with Crippen LogP contribution in [-0.2, 0) is 14.6 Å². The molecule has 0 saturated carbocycles. The number of sulfone groups is 1. The maximum atomic E-state index is 13.7. The zero-order valence-corrected chi connectivity index (χ0v) is 22.4. The smallest absolute Gasteiger partial charge is 0.252 e. The van der Waals surface area contributed by atoms with Gasteiger partial charge in [-0.2, -0.15) is 0 Å². The number of para-hydroxylation sites is 1. The van der Waals surface area contributed by atoms with E-state index in [9.17, 15) is 18.0 Å². The number of nitrogens with zero attached hydrogens (tertiary/aromatic N) is 2. The van der Waals surface area contributed by atoms with Crippen LogP contribution >= 0.6 is 0 Å². The van der Waals surface area contributed by atoms with Gasteiger partial charge in [0.25, 0.3) is 5.91 Å². The molecule has 0 radical (unpaired) electrons. The summed E-state index contributed by atoms with van der Waals surface area (Å²) in [5.74, 6) is 0.634. The Balaban J connectivity index is 1.53. The van der Waals surface area contributed by atoms with Gasteiger partial charge in [0.05, 0.1) is 24.8 Å². The number of rotatable bonds is 8. The Labute approximate surface area is 222 Å². The summed E-state index contributed by atoms with van der Waals surface area (Å²) in [6.45, 7) is 1.67. The van der Waals surface area contributed by atoms with Crippen LogP contribution in [0.25, 0.3) is 0 Å². The van der Waals surface area contributed by atoms with Gasteiger partial charge in [-0.1, -0.05) is 24.3 Å². The molecule has 4 rings (SSSR count). The average Bonchev–Trinajstić information content (AvgIpc) is 2.95. The molecule has 0 aliphatic carbocycles. The number of carbonyl (C=O) groups is 2. The van der Waals surface area contributed by atoms with Crippen LogP contribution in [0.1, 0.15) is 22.0 Å². The molecule has 2 amide bonds. The third kappa shape index (κ3) is 6.08. The maximum absolute atomic E-state index is 13.7. The van der Waals surface area contributed by atoms with Crippen molar-refractivity contribution in [2.24, 2.45) is 0 Å². The summed E-state index contributed by atoms with van der Waals surface area (Å²) in [4.78, 5) is 30.8. The van der Waals surface area contributed by atoms with Gasteiger partial charge in [-0.15, -0.1) is 0 Å². The standard InChI is InChI=1S/C28H31N3O6S/c1-36-22-12-8-20(9-13-22)26(29-27(32)21-10-14-23(37-2)15-11-21)28(33)31-18-16-30(17-19-31)24-6-4-5-7-25(24)38(3,34)35/h4-15,26H,16-19H2,1-3H3,(H,29,32)/t26-/m1/s1. The number of piperazine rings is 1. The van der Waals surface area contributed by atoms with E-state index in [2.05, 4.69) is 5.32 Å². The van der Waals surface area contributed by atoms with Gasteiger partial charge in [0.2, 0.25) is 5.91 Å². The van der Waals surface area contributed by atoms with Gasteiger partial charge in [0, 0.05) is 38.0 Å². The predicted molar refractivity (Wildman–Crippen MR) is 145 cm³/mol. The van der Waals surface area contributed by atoms with Crippen molar-refractivity contribution >= 4 is 27.3 Å². The Morgan fingerprint density at radius 2 is 1.37 bits per heavy atom. The van der Waals surface area contributed by atoms with Gasteiger partial charge < -0.3 is 24.6 Å². The Morgan fingerprint density at radius 3 is 1.92 bits per heavy atom. The van der Waals surface area contributed by atoms with Crippen LogP contribution in [0.5, 0.6) is 11.5 Å². The van der Waals surface area contributed by atoms with E-state index in [1.807, 2.05) is 4.90 Å². The third-order valence-corrected chi connectivity index (χ3v) is 7.66. The summed E-state index contributed by atoms with van der Waals surface area (Å²) in [6, 6.07) is 19.6. The topological polar surface area (TPSA) is 105 Å². The average molecular weight is 538 g/mol. The highest BCUT2D eigenvalue weighted by atomic mass is 32.2. The fourth-order valence-corrected chi connectivity index (χ4v) is 5.33. The van der Waals surface area contributed by atoms with Crippen LogP contribution in [0.3, 0.4) is 0 Å². The van der Waals surface area contributed by atoms with Crippen LogP contribution in [0.2, 0.25) is 0 Å². The molecule has 38 heavy (non-hydrogen) atoms. The minimum Gasteiger partial charge on any atom is -0.497 e. The van der Waals surface area contributed by atoms with Crippen molar-refractivity contribution in [3.8, 4) is 11.5 Å². The van der Waals surface area contributed by atoms with Crippen LogP contribution in [-0.4, -0.2) is 71.8 Å². The number of ether oxygens (including phenoxy) is 2. The highest BCUT2D eigenvalue weighted by molar-refractivity contribution is 7.90. The molecule has 1 N–H and O–H groups in total. The quantitative estimate of drug-likeness (QED) is 0.471. The van der Waals surface area contributed by atoms with Gasteiger partial charge in [-0.3, -0.25) is 9.59 Å². The van der Waals surface area contributed by atoms with E-state index in [-0.39, 0.29) is 16.7 Å². The molecule has 1 saturated heterocycles. The first-order valence-electron chi connectivity index (χ1n) is 12.1. The summed E-state index contributed by atoms with van der Waals surface area (Å²) in [5, 5.41) is 2.89. The molecule has 0 bridgehead atoms. The lowest BCUT2D eigenvalue weighted by Crippen LogP contribution is -2.52. The highest BCUT2D eigenvalue weighted by Crippen LogP contribution is 2.27. The van der Waals surface area contributed by atoms with Gasteiger partial charge in [-0.05, 0) is 54.1 Å². The normalized spacial score (nSPS) is 14.5. The highest BCUT2D eigenvalue weighted by Gasteiger charge is 2.31. The van der Waals surface area contributed by atoms with Crippen molar-refractivity contribution in [2.75, 3.05) is 51.6 Å². The molecule has 1 heterocycles. The Bertz CT molecular complexity index is 1380. The summed E-state index contributed by atoms with van der Waals surface area (Å²) >= 11 is 0. The van der Waals surface area contributed by atoms with Gasteiger partial charge >= 0.3 is 0 Å². The number of nitrogens with one attached hydrogen (secondary N) is 1. The van der Waals surface area contributed by atoms with Crippen molar-refractivity contribution < 1.29 is 27.5 Å². The van der Waals surface area contributed by atoms with Gasteiger partial charge in [-0.25, -0.2) is 8.42 Å². The fraction of sp³-hybridized carbons (Fsp3) is 0.286. The minimum absolute atomic E-state index is 0.243. The number of amides is 2. The SMILES string of the molecule is COc1ccc(C(=O)N[C@@H](C(=O)N2CCN(c3ccccc3S(C)(=O)=O)CC2)c2ccc(OC)cc2)cc1. The summed E-state index contributed by atoms with van der Waals surface area (Å²) in [5.41, 5.74) is 1.66. The van der Waals surface area contributed by atoms with Crippen LogP contribution < -0.4 is 19.7 Å². The first-order valence-corrected chi connectivity index (χ1v) is 14.0. The molecule has 0 aromatic heterocycles.